The van der Waals surface area contributed by atoms with Crippen molar-refractivity contribution in [1.29, 1.82) is 0 Å². The fourth-order valence-electron chi connectivity index (χ4n) is 2.51. The van der Waals surface area contributed by atoms with Crippen molar-refractivity contribution in [2.45, 2.75) is 19.0 Å². The second-order valence-corrected chi connectivity index (χ2v) is 4.98. The topological polar surface area (TPSA) is 49.4 Å². The molecule has 1 N–H and O–H groups in total. The molecule has 0 saturated carbocycles. The first kappa shape index (κ1) is 13.4. The van der Waals surface area contributed by atoms with Crippen LogP contribution < -0.4 is 5.32 Å². The zero-order valence-corrected chi connectivity index (χ0v) is 11.5. The van der Waals surface area contributed by atoms with Crippen LogP contribution in [0.5, 0.6) is 0 Å². The molecule has 0 spiro atoms. The third-order valence-electron chi connectivity index (χ3n) is 3.54. The van der Waals surface area contributed by atoms with E-state index in [1.807, 2.05) is 60.7 Å². The molecule has 106 valence electrons. The summed E-state index contributed by atoms with van der Waals surface area (Å²) in [6, 6.07) is 19.1. The van der Waals surface area contributed by atoms with E-state index >= 15 is 0 Å². The molecule has 1 fully saturated rings. The number of amides is 2. The van der Waals surface area contributed by atoms with Gasteiger partial charge in [0.15, 0.2) is 0 Å². The first-order chi connectivity index (χ1) is 10.3. The molecule has 4 nitrogen and oxygen atoms in total. The number of carbonyl (C=O) groups excluding carboxylic acids is 2. The van der Waals surface area contributed by atoms with Gasteiger partial charge in [0.05, 0.1) is 0 Å². The summed E-state index contributed by atoms with van der Waals surface area (Å²) in [5.74, 6) is -0.255. The Morgan fingerprint density at radius 3 is 1.90 bits per heavy atom. The summed E-state index contributed by atoms with van der Waals surface area (Å²) < 4.78 is 0. The first-order valence-corrected chi connectivity index (χ1v) is 6.97. The predicted molar refractivity (Wildman–Crippen MR) is 80.3 cm³/mol. The van der Waals surface area contributed by atoms with Gasteiger partial charge in [0.2, 0.25) is 11.8 Å². The van der Waals surface area contributed by atoms with Crippen molar-refractivity contribution in [2.24, 2.45) is 0 Å². The lowest BCUT2D eigenvalue weighted by molar-refractivity contribution is -0.140. The minimum absolute atomic E-state index is 0.128. The van der Waals surface area contributed by atoms with Gasteiger partial charge in [0.25, 0.3) is 0 Å². The van der Waals surface area contributed by atoms with Gasteiger partial charge in [0, 0.05) is 18.5 Å². The summed E-state index contributed by atoms with van der Waals surface area (Å²) in [6.07, 6.45) is 0.119. The number of hydrogen-bond acceptors (Lipinski definition) is 3. The maximum Gasteiger partial charge on any atom is 0.231 e. The Morgan fingerprint density at radius 1 is 0.810 bits per heavy atom. The van der Waals surface area contributed by atoms with Crippen LogP contribution in [-0.2, 0) is 9.59 Å². The summed E-state index contributed by atoms with van der Waals surface area (Å²) in [4.78, 5) is 25.4. The lowest BCUT2D eigenvalue weighted by Gasteiger charge is -2.28. The number of nitrogens with one attached hydrogen (secondary N) is 1. The van der Waals surface area contributed by atoms with Crippen LogP contribution in [0.25, 0.3) is 0 Å². The summed E-state index contributed by atoms with van der Waals surface area (Å²) in [7, 11) is 0. The normalized spacial score (nSPS) is 16.1. The minimum Gasteiger partial charge on any atom is -0.361 e. The van der Waals surface area contributed by atoms with Crippen molar-refractivity contribution in [3.05, 3.63) is 66.2 Å². The number of benzene rings is 2. The van der Waals surface area contributed by atoms with Crippen LogP contribution in [0.15, 0.2) is 60.7 Å². The van der Waals surface area contributed by atoms with Gasteiger partial charge in [-0.05, 0) is 17.7 Å². The number of rotatable bonds is 4. The van der Waals surface area contributed by atoms with Crippen LogP contribution in [-0.4, -0.2) is 16.7 Å². The van der Waals surface area contributed by atoms with Crippen molar-refractivity contribution < 1.29 is 9.59 Å². The SMILES string of the molecule is O=C1CCC(=O)N1[C@H](Nc1ccccc1)c1ccccc1. The van der Waals surface area contributed by atoms with E-state index in [2.05, 4.69) is 5.32 Å². The second-order valence-electron chi connectivity index (χ2n) is 4.98. The summed E-state index contributed by atoms with van der Waals surface area (Å²) >= 11 is 0. The fourth-order valence-corrected chi connectivity index (χ4v) is 2.51. The van der Waals surface area contributed by atoms with Gasteiger partial charge < -0.3 is 5.32 Å². The molecule has 2 aromatic carbocycles. The van der Waals surface area contributed by atoms with E-state index in [1.54, 1.807) is 0 Å². The van der Waals surface area contributed by atoms with Crippen molar-refractivity contribution in [2.75, 3.05) is 5.32 Å². The van der Waals surface area contributed by atoms with Gasteiger partial charge in [-0.15, -0.1) is 0 Å². The molecular formula is C17H16N2O2. The third kappa shape index (κ3) is 2.79. The molecule has 1 heterocycles. The quantitative estimate of drug-likeness (QED) is 0.876. The summed E-state index contributed by atoms with van der Waals surface area (Å²) in [5.41, 5.74) is 1.77. The molecule has 4 heteroatoms. The molecule has 0 unspecified atom stereocenters. The minimum atomic E-state index is -0.462. The van der Waals surface area contributed by atoms with Crippen LogP contribution in [0.2, 0.25) is 0 Å². The summed E-state index contributed by atoms with van der Waals surface area (Å²) in [6.45, 7) is 0. The van der Waals surface area contributed by atoms with Crippen molar-refractivity contribution in [3.63, 3.8) is 0 Å². The highest BCUT2D eigenvalue weighted by Gasteiger charge is 2.35. The number of anilines is 1. The molecule has 2 aromatic rings. The molecule has 1 aliphatic heterocycles. The van der Waals surface area contributed by atoms with E-state index in [1.165, 1.54) is 4.90 Å². The fraction of sp³-hybridized carbons (Fsp3) is 0.176. The molecule has 0 bridgehead atoms. The molecule has 0 radical (unpaired) electrons. The van der Waals surface area contributed by atoms with Crippen LogP contribution in [0.1, 0.15) is 24.6 Å². The third-order valence-corrected chi connectivity index (χ3v) is 3.54. The van der Waals surface area contributed by atoms with E-state index in [0.29, 0.717) is 12.8 Å². The van der Waals surface area contributed by atoms with E-state index in [4.69, 9.17) is 0 Å². The zero-order valence-electron chi connectivity index (χ0n) is 11.5. The largest absolute Gasteiger partial charge is 0.361 e. The number of carbonyl (C=O) groups is 2. The second kappa shape index (κ2) is 5.79. The van der Waals surface area contributed by atoms with Crippen molar-refractivity contribution in [3.8, 4) is 0 Å². The van der Waals surface area contributed by atoms with Crippen molar-refractivity contribution >= 4 is 17.5 Å². The van der Waals surface area contributed by atoms with Gasteiger partial charge >= 0.3 is 0 Å². The number of para-hydroxylation sites is 1. The van der Waals surface area contributed by atoms with E-state index in [0.717, 1.165) is 11.3 Å². The van der Waals surface area contributed by atoms with Crippen molar-refractivity contribution in [1.82, 2.24) is 4.90 Å². The Kier molecular flexibility index (Phi) is 3.69. The average molecular weight is 280 g/mol. The molecule has 2 amide bonds. The highest BCUT2D eigenvalue weighted by molar-refractivity contribution is 6.02. The van der Waals surface area contributed by atoms with Gasteiger partial charge in [-0.2, -0.15) is 0 Å². The Bertz CT molecular complexity index is 624. The number of imide groups is 1. The van der Waals surface area contributed by atoms with Crippen LogP contribution in [0, 0.1) is 0 Å². The monoisotopic (exact) mass is 280 g/mol. The van der Waals surface area contributed by atoms with Crippen LogP contribution >= 0.6 is 0 Å². The lowest BCUT2D eigenvalue weighted by Crippen LogP contribution is -2.37. The van der Waals surface area contributed by atoms with Crippen LogP contribution in [0.3, 0.4) is 0 Å². The Hall–Kier alpha value is -2.62. The zero-order chi connectivity index (χ0) is 14.7. The van der Waals surface area contributed by atoms with Gasteiger partial charge in [-0.1, -0.05) is 48.5 Å². The predicted octanol–water partition coefficient (Wildman–Crippen LogP) is 2.95. The van der Waals surface area contributed by atoms with E-state index < -0.39 is 6.17 Å². The molecule has 0 aromatic heterocycles. The standard InChI is InChI=1S/C17H16N2O2/c20-15-11-12-16(21)19(15)17(13-7-3-1-4-8-13)18-14-9-5-2-6-10-14/h1-10,17-18H,11-12H2/t17-/m0/s1. The van der Waals surface area contributed by atoms with Gasteiger partial charge in [-0.25, -0.2) is 0 Å². The molecule has 1 saturated heterocycles. The van der Waals surface area contributed by atoms with E-state index in [-0.39, 0.29) is 11.8 Å². The summed E-state index contributed by atoms with van der Waals surface area (Å²) in [5, 5.41) is 3.28. The average Bonchev–Trinajstić information content (AvgIpc) is 2.86. The lowest BCUT2D eigenvalue weighted by atomic mass is 10.1. The Labute approximate surface area is 123 Å². The van der Waals surface area contributed by atoms with Gasteiger partial charge in [-0.3, -0.25) is 14.5 Å². The molecule has 0 aliphatic carbocycles. The molecule has 21 heavy (non-hydrogen) atoms. The molecular weight excluding hydrogens is 264 g/mol. The number of hydrogen-bond donors (Lipinski definition) is 1. The first-order valence-electron chi connectivity index (χ1n) is 6.97. The Balaban J connectivity index is 1.95. The molecule has 1 aliphatic rings. The number of likely N-dealkylation sites (tertiary alicyclic amines) is 1. The Morgan fingerprint density at radius 2 is 1.33 bits per heavy atom. The van der Waals surface area contributed by atoms with Gasteiger partial charge in [0.1, 0.15) is 6.17 Å². The number of nitrogens with zero attached hydrogens (tertiary/aromatic N) is 1. The smallest absolute Gasteiger partial charge is 0.231 e. The van der Waals surface area contributed by atoms with Crippen LogP contribution in [0.4, 0.5) is 5.69 Å². The molecule has 1 atom stereocenters. The maximum absolute atomic E-state index is 12.1. The van der Waals surface area contributed by atoms with E-state index in [9.17, 15) is 9.59 Å². The highest BCUT2D eigenvalue weighted by Crippen LogP contribution is 2.28. The maximum atomic E-state index is 12.1. The molecule has 3 rings (SSSR count). The highest BCUT2D eigenvalue weighted by atomic mass is 16.2.